The van der Waals surface area contributed by atoms with E-state index in [1.807, 2.05) is 6.92 Å². The molecule has 0 bridgehead atoms. The lowest BCUT2D eigenvalue weighted by atomic mass is 9.97. The van der Waals surface area contributed by atoms with E-state index in [4.69, 9.17) is 4.74 Å². The van der Waals surface area contributed by atoms with Crippen LogP contribution in [-0.2, 0) is 20.7 Å². The van der Waals surface area contributed by atoms with E-state index in [0.717, 1.165) is 37.8 Å². The number of carbonyl (C=O) groups excluding carboxylic acids is 3. The molecule has 0 amide bonds. The molecular formula is C21H29NO4. The smallest absolute Gasteiger partial charge is 0.340 e. The largest absolute Gasteiger partial charge is 0.465 e. The van der Waals surface area contributed by atoms with E-state index >= 15 is 0 Å². The predicted octanol–water partition coefficient (Wildman–Crippen LogP) is 4.33. The third kappa shape index (κ3) is 6.90. The lowest BCUT2D eigenvalue weighted by Gasteiger charge is -2.09. The van der Waals surface area contributed by atoms with Gasteiger partial charge in [-0.3, -0.25) is 14.6 Å². The third-order valence-electron chi connectivity index (χ3n) is 4.13. The Morgan fingerprint density at radius 1 is 1.15 bits per heavy atom. The molecule has 0 unspecified atom stereocenters. The lowest BCUT2D eigenvalue weighted by molar-refractivity contribution is -0.120. The molecule has 0 aromatic carbocycles. The highest BCUT2D eigenvalue weighted by molar-refractivity contribution is 6.04. The van der Waals surface area contributed by atoms with Crippen LogP contribution in [0.2, 0.25) is 0 Å². The van der Waals surface area contributed by atoms with Crippen LogP contribution in [-0.4, -0.2) is 29.6 Å². The molecule has 1 aromatic heterocycles. The number of Topliss-reactive ketones (excluding diaryl/α,β-unsaturated/α-hetero) is 2. The number of ether oxygens (including phenoxy) is 1. The summed E-state index contributed by atoms with van der Waals surface area (Å²) in [5, 5.41) is 0. The molecule has 0 spiro atoms. The number of hydrogen-bond acceptors (Lipinski definition) is 5. The normalized spacial score (nSPS) is 11.3. The van der Waals surface area contributed by atoms with E-state index in [1.165, 1.54) is 20.2 Å². The molecular weight excluding hydrogens is 330 g/mol. The van der Waals surface area contributed by atoms with Gasteiger partial charge in [-0.1, -0.05) is 33.1 Å². The Morgan fingerprint density at radius 2 is 1.88 bits per heavy atom. The van der Waals surface area contributed by atoms with Crippen LogP contribution in [0.1, 0.15) is 80.9 Å². The third-order valence-corrected chi connectivity index (χ3v) is 4.13. The molecule has 26 heavy (non-hydrogen) atoms. The fourth-order valence-electron chi connectivity index (χ4n) is 2.65. The summed E-state index contributed by atoms with van der Waals surface area (Å²) in [6.45, 7) is 5.57. The second-order valence-corrected chi connectivity index (χ2v) is 6.40. The Hall–Kier alpha value is -2.30. The summed E-state index contributed by atoms with van der Waals surface area (Å²) < 4.78 is 4.81. The van der Waals surface area contributed by atoms with Crippen molar-refractivity contribution in [3.8, 4) is 0 Å². The molecule has 0 saturated carbocycles. The van der Waals surface area contributed by atoms with Crippen LogP contribution < -0.4 is 0 Å². The Kier molecular flexibility index (Phi) is 9.48. The van der Waals surface area contributed by atoms with E-state index < -0.39 is 5.97 Å². The first kappa shape index (κ1) is 21.7. The van der Waals surface area contributed by atoms with Crippen molar-refractivity contribution < 1.29 is 19.1 Å². The molecule has 0 aliphatic rings. The molecule has 142 valence electrons. The fourth-order valence-corrected chi connectivity index (χ4v) is 2.65. The van der Waals surface area contributed by atoms with E-state index in [0.29, 0.717) is 23.1 Å². The van der Waals surface area contributed by atoms with Crippen molar-refractivity contribution in [3.05, 3.63) is 34.7 Å². The van der Waals surface area contributed by atoms with Gasteiger partial charge in [0.15, 0.2) is 5.78 Å². The maximum absolute atomic E-state index is 12.2. The molecule has 0 aliphatic heterocycles. The first-order valence-electron chi connectivity index (χ1n) is 9.23. The number of nitrogens with zero attached hydrogens (tertiary/aromatic N) is 1. The van der Waals surface area contributed by atoms with Crippen LogP contribution in [0.4, 0.5) is 0 Å². The Labute approximate surface area is 155 Å². The van der Waals surface area contributed by atoms with Gasteiger partial charge < -0.3 is 4.74 Å². The van der Waals surface area contributed by atoms with Gasteiger partial charge in [0.05, 0.1) is 12.7 Å². The van der Waals surface area contributed by atoms with E-state index in [2.05, 4.69) is 11.9 Å². The molecule has 1 rings (SSSR count). The van der Waals surface area contributed by atoms with Gasteiger partial charge in [-0.05, 0) is 37.5 Å². The second-order valence-electron chi connectivity index (χ2n) is 6.40. The molecule has 1 heterocycles. The minimum Gasteiger partial charge on any atom is -0.465 e. The molecule has 0 aliphatic carbocycles. The van der Waals surface area contributed by atoms with Crippen LogP contribution in [0.15, 0.2) is 17.8 Å². The zero-order valence-corrected chi connectivity index (χ0v) is 16.3. The summed E-state index contributed by atoms with van der Waals surface area (Å²) >= 11 is 0. The molecule has 5 heteroatoms. The molecule has 0 radical (unpaired) electrons. The highest BCUT2D eigenvalue weighted by Gasteiger charge is 2.16. The first-order valence-corrected chi connectivity index (χ1v) is 9.23. The molecule has 0 atom stereocenters. The highest BCUT2D eigenvalue weighted by Crippen LogP contribution is 2.19. The zero-order valence-electron chi connectivity index (χ0n) is 16.3. The summed E-state index contributed by atoms with van der Waals surface area (Å²) in [6, 6.07) is 1.79. The van der Waals surface area contributed by atoms with Crippen molar-refractivity contribution in [3.63, 3.8) is 0 Å². The number of methoxy groups -OCH3 is 1. The van der Waals surface area contributed by atoms with Gasteiger partial charge in [0.2, 0.25) is 0 Å². The number of unbranched alkanes of at least 4 members (excludes halogenated alkanes) is 2. The summed E-state index contributed by atoms with van der Waals surface area (Å²) in [7, 11) is 1.30. The van der Waals surface area contributed by atoms with Crippen LogP contribution in [0.5, 0.6) is 0 Å². The van der Waals surface area contributed by atoms with E-state index in [9.17, 15) is 14.4 Å². The van der Waals surface area contributed by atoms with Crippen LogP contribution in [0.3, 0.4) is 0 Å². The van der Waals surface area contributed by atoms with Crippen molar-refractivity contribution in [1.29, 1.82) is 0 Å². The number of carbonyl (C=O) groups is 3. The number of pyridine rings is 1. The van der Waals surface area contributed by atoms with Gasteiger partial charge in [0, 0.05) is 30.3 Å². The van der Waals surface area contributed by atoms with Crippen molar-refractivity contribution in [2.45, 2.75) is 65.7 Å². The number of hydrogen-bond donors (Lipinski definition) is 0. The number of esters is 1. The maximum atomic E-state index is 12.2. The average molecular weight is 359 g/mol. The van der Waals surface area contributed by atoms with E-state index in [1.54, 1.807) is 12.1 Å². The number of ketones is 2. The molecule has 5 nitrogen and oxygen atoms in total. The molecule has 0 fully saturated rings. The Balaban J connectivity index is 3.16. The predicted molar refractivity (Wildman–Crippen MR) is 102 cm³/mol. The van der Waals surface area contributed by atoms with Crippen molar-refractivity contribution in [2.24, 2.45) is 0 Å². The van der Waals surface area contributed by atoms with Gasteiger partial charge in [-0.15, -0.1) is 0 Å². The van der Waals surface area contributed by atoms with Gasteiger partial charge in [-0.2, -0.15) is 0 Å². The number of allylic oxidation sites excluding steroid dienone is 1. The lowest BCUT2D eigenvalue weighted by Crippen LogP contribution is -2.09. The van der Waals surface area contributed by atoms with Gasteiger partial charge in [0.25, 0.3) is 0 Å². The van der Waals surface area contributed by atoms with Crippen LogP contribution >= 0.6 is 0 Å². The molecule has 1 aromatic rings. The van der Waals surface area contributed by atoms with Crippen molar-refractivity contribution >= 4 is 23.6 Å². The minimum atomic E-state index is -0.510. The zero-order chi connectivity index (χ0) is 19.5. The number of aromatic nitrogens is 1. The summed E-state index contributed by atoms with van der Waals surface area (Å²) in [5.74, 6) is -0.634. The highest BCUT2D eigenvalue weighted by atomic mass is 16.5. The SMILES string of the molecule is CCCCCC(=O)CC(=Cc1cc(CCC)ncc1C(=O)OC)C(C)=O. The summed E-state index contributed by atoms with van der Waals surface area (Å²) in [5.41, 5.74) is 2.11. The minimum absolute atomic E-state index is 0.0438. The van der Waals surface area contributed by atoms with Crippen molar-refractivity contribution in [1.82, 2.24) is 4.98 Å². The fraction of sp³-hybridized carbons (Fsp3) is 0.524. The quantitative estimate of drug-likeness (QED) is 0.334. The summed E-state index contributed by atoms with van der Waals surface area (Å²) in [4.78, 5) is 40.5. The topological polar surface area (TPSA) is 73.3 Å². The maximum Gasteiger partial charge on any atom is 0.340 e. The first-order chi connectivity index (χ1) is 12.4. The van der Waals surface area contributed by atoms with Crippen LogP contribution in [0.25, 0.3) is 6.08 Å². The number of aryl methyl sites for hydroxylation is 1. The average Bonchev–Trinajstić information content (AvgIpc) is 2.61. The van der Waals surface area contributed by atoms with E-state index in [-0.39, 0.29) is 18.0 Å². The molecule has 0 saturated heterocycles. The summed E-state index contributed by atoms with van der Waals surface area (Å²) in [6.07, 6.45) is 8.24. The monoisotopic (exact) mass is 359 g/mol. The second kappa shape index (κ2) is 11.3. The number of rotatable bonds is 11. The van der Waals surface area contributed by atoms with Gasteiger partial charge in [0.1, 0.15) is 5.78 Å². The molecule has 0 N–H and O–H groups in total. The van der Waals surface area contributed by atoms with Gasteiger partial charge in [-0.25, -0.2) is 4.79 Å². The Bertz CT molecular complexity index is 677. The van der Waals surface area contributed by atoms with Crippen molar-refractivity contribution in [2.75, 3.05) is 7.11 Å². The Morgan fingerprint density at radius 3 is 2.46 bits per heavy atom. The van der Waals surface area contributed by atoms with Gasteiger partial charge >= 0.3 is 5.97 Å². The van der Waals surface area contributed by atoms with Crippen LogP contribution in [0, 0.1) is 0 Å². The standard InChI is InChI=1S/C21H29NO4/c1-5-7-8-10-19(24)13-16(15(3)23)11-17-12-18(9-6-2)22-14-20(17)21(25)26-4/h11-12,14H,5-10,13H2,1-4H3.